The summed E-state index contributed by atoms with van der Waals surface area (Å²) in [4.78, 5) is 22.5. The Morgan fingerprint density at radius 1 is 1.10 bits per heavy atom. The van der Waals surface area contributed by atoms with Crippen molar-refractivity contribution in [2.75, 3.05) is 23.3 Å². The van der Waals surface area contributed by atoms with E-state index in [2.05, 4.69) is 30.2 Å². The summed E-state index contributed by atoms with van der Waals surface area (Å²) < 4.78 is 13.1. The molecule has 1 aliphatic heterocycles. The van der Waals surface area contributed by atoms with Crippen molar-refractivity contribution in [1.29, 1.82) is 0 Å². The van der Waals surface area contributed by atoms with Gasteiger partial charge < -0.3 is 15.2 Å². The number of aromatic amines is 1. The molecular weight excluding hydrogens is 416 g/mol. The van der Waals surface area contributed by atoms with Crippen molar-refractivity contribution >= 4 is 51.7 Å². The second-order valence-corrected chi connectivity index (χ2v) is 7.44. The predicted octanol–water partition coefficient (Wildman–Crippen LogP) is 4.62. The summed E-state index contributed by atoms with van der Waals surface area (Å²) in [5.74, 6) is 2.26. The number of anilines is 3. The molecule has 3 aromatic heterocycles. The zero-order chi connectivity index (χ0) is 20.0. The molecule has 0 saturated carbocycles. The summed E-state index contributed by atoms with van der Waals surface area (Å²) in [7, 11) is 0. The van der Waals surface area contributed by atoms with Crippen LogP contribution in [0.15, 0.2) is 42.9 Å². The maximum atomic E-state index is 13.1. The molecule has 146 valence electrons. The number of alkyl halides is 1. The molecule has 0 radical (unpaired) electrons. The zero-order valence-corrected chi connectivity index (χ0v) is 16.4. The highest BCUT2D eigenvalue weighted by Gasteiger charge is 2.27. The first kappa shape index (κ1) is 18.1. The fraction of sp³-hybridized carbons (Fsp3) is 0.158. The first-order valence-electron chi connectivity index (χ1n) is 8.85. The topological polar surface area (TPSA) is 82.6 Å². The minimum absolute atomic E-state index is 0.339. The van der Waals surface area contributed by atoms with Gasteiger partial charge in [-0.2, -0.15) is 0 Å². The maximum Gasteiger partial charge on any atom is 0.159 e. The lowest BCUT2D eigenvalue weighted by molar-refractivity contribution is 0.273. The summed E-state index contributed by atoms with van der Waals surface area (Å²) >= 11 is 12.6. The van der Waals surface area contributed by atoms with Crippen LogP contribution in [0.2, 0.25) is 10.0 Å². The quantitative estimate of drug-likeness (QED) is 0.492. The summed E-state index contributed by atoms with van der Waals surface area (Å²) in [5.41, 5.74) is 2.01. The van der Waals surface area contributed by atoms with E-state index in [1.54, 1.807) is 30.5 Å². The number of aromatic nitrogens is 5. The maximum absolute atomic E-state index is 13.1. The molecule has 0 amide bonds. The number of pyridine rings is 1. The lowest BCUT2D eigenvalue weighted by atomic mass is 10.2. The van der Waals surface area contributed by atoms with Crippen LogP contribution in [0.3, 0.4) is 0 Å². The number of imidazole rings is 1. The molecule has 0 atom stereocenters. The molecule has 2 N–H and O–H groups in total. The van der Waals surface area contributed by atoms with E-state index in [9.17, 15) is 4.39 Å². The van der Waals surface area contributed by atoms with E-state index >= 15 is 0 Å². The van der Waals surface area contributed by atoms with Crippen molar-refractivity contribution in [1.82, 2.24) is 24.9 Å². The van der Waals surface area contributed by atoms with Gasteiger partial charge >= 0.3 is 0 Å². The van der Waals surface area contributed by atoms with Gasteiger partial charge in [0.1, 0.15) is 35.5 Å². The number of fused-ring (bicyclic) bond motifs is 1. The summed E-state index contributed by atoms with van der Waals surface area (Å²) in [6.45, 7) is 0.678. The van der Waals surface area contributed by atoms with Gasteiger partial charge in [0.2, 0.25) is 0 Å². The molecule has 4 heterocycles. The third-order valence-corrected chi connectivity index (χ3v) is 5.29. The average molecular weight is 430 g/mol. The van der Waals surface area contributed by atoms with E-state index in [4.69, 9.17) is 23.2 Å². The van der Waals surface area contributed by atoms with Gasteiger partial charge in [-0.25, -0.2) is 24.3 Å². The van der Waals surface area contributed by atoms with Gasteiger partial charge in [0.05, 0.1) is 34.2 Å². The smallest absolute Gasteiger partial charge is 0.159 e. The number of benzene rings is 1. The molecule has 0 aliphatic carbocycles. The number of nitrogens with zero attached hydrogens (tertiary/aromatic N) is 5. The number of H-pyrrole nitrogens is 1. The predicted molar refractivity (Wildman–Crippen MR) is 112 cm³/mol. The van der Waals surface area contributed by atoms with Crippen LogP contribution in [-0.2, 0) is 0 Å². The molecule has 29 heavy (non-hydrogen) atoms. The first-order valence-corrected chi connectivity index (χ1v) is 9.61. The number of rotatable bonds is 4. The van der Waals surface area contributed by atoms with Gasteiger partial charge in [0.15, 0.2) is 5.82 Å². The van der Waals surface area contributed by atoms with Crippen LogP contribution in [0.5, 0.6) is 0 Å². The highest BCUT2D eigenvalue weighted by Crippen LogP contribution is 2.35. The number of hydrogen-bond donors (Lipinski definition) is 2. The van der Waals surface area contributed by atoms with Crippen molar-refractivity contribution in [3.63, 3.8) is 0 Å². The molecule has 7 nitrogen and oxygen atoms in total. The Morgan fingerprint density at radius 3 is 2.66 bits per heavy atom. The number of nitrogens with one attached hydrogen (secondary N) is 2. The average Bonchev–Trinajstić information content (AvgIpc) is 3.10. The van der Waals surface area contributed by atoms with Gasteiger partial charge in [-0.1, -0.05) is 29.3 Å². The molecular formula is C19H14Cl2FN7. The van der Waals surface area contributed by atoms with Crippen LogP contribution in [0.1, 0.15) is 0 Å². The third kappa shape index (κ3) is 3.34. The van der Waals surface area contributed by atoms with Crippen LogP contribution < -0.4 is 10.2 Å². The molecule has 1 saturated heterocycles. The van der Waals surface area contributed by atoms with Crippen LogP contribution >= 0.6 is 23.2 Å². The summed E-state index contributed by atoms with van der Waals surface area (Å²) in [5, 5.41) is 4.16. The highest BCUT2D eigenvalue weighted by molar-refractivity contribution is 6.39. The lowest BCUT2D eigenvalue weighted by Gasteiger charge is -2.35. The van der Waals surface area contributed by atoms with Crippen molar-refractivity contribution in [2.45, 2.75) is 6.17 Å². The lowest BCUT2D eigenvalue weighted by Crippen LogP contribution is -2.48. The SMILES string of the molecule is FC1CN(c2cc(Nc3nccc4[nH]c(-c5c(Cl)cccc5Cl)nc34)ncn2)C1. The van der Waals surface area contributed by atoms with E-state index in [0.29, 0.717) is 57.5 Å². The second-order valence-electron chi connectivity index (χ2n) is 6.63. The number of hydrogen-bond acceptors (Lipinski definition) is 6. The first-order chi connectivity index (χ1) is 14.1. The minimum Gasteiger partial charge on any atom is -0.350 e. The van der Waals surface area contributed by atoms with Crippen LogP contribution in [0.25, 0.3) is 22.4 Å². The molecule has 0 bridgehead atoms. The Hall–Kier alpha value is -2.97. The standard InChI is InChI=1S/C19H14Cl2FN7/c20-11-2-1-3-12(21)16(11)18-26-13-4-5-23-19(17(13)28-18)27-14-6-15(25-9-24-14)29-7-10(22)8-29/h1-6,9-10H,7-8H2,(H,26,28)(H,23,24,25,27). The van der Waals surface area contributed by atoms with Gasteiger partial charge in [0.25, 0.3) is 0 Å². The van der Waals surface area contributed by atoms with Crippen molar-refractivity contribution in [2.24, 2.45) is 0 Å². The Morgan fingerprint density at radius 2 is 1.90 bits per heavy atom. The van der Waals surface area contributed by atoms with E-state index in [0.717, 1.165) is 5.52 Å². The van der Waals surface area contributed by atoms with Gasteiger partial charge in [-0.15, -0.1) is 0 Å². The molecule has 0 unspecified atom stereocenters. The van der Waals surface area contributed by atoms with E-state index in [1.807, 2.05) is 11.0 Å². The van der Waals surface area contributed by atoms with E-state index in [-0.39, 0.29) is 0 Å². The van der Waals surface area contributed by atoms with Gasteiger partial charge in [0, 0.05) is 12.3 Å². The Balaban J connectivity index is 1.50. The Bertz CT molecular complexity index is 1190. The van der Waals surface area contributed by atoms with Gasteiger partial charge in [-0.3, -0.25) is 0 Å². The highest BCUT2D eigenvalue weighted by atomic mass is 35.5. The van der Waals surface area contributed by atoms with E-state index in [1.165, 1.54) is 6.33 Å². The molecule has 4 aromatic rings. The minimum atomic E-state index is -0.809. The molecule has 5 rings (SSSR count). The third-order valence-electron chi connectivity index (χ3n) is 4.66. The number of halogens is 3. The molecule has 1 aromatic carbocycles. The van der Waals surface area contributed by atoms with Gasteiger partial charge in [-0.05, 0) is 18.2 Å². The molecule has 1 aliphatic rings. The largest absolute Gasteiger partial charge is 0.350 e. The zero-order valence-electron chi connectivity index (χ0n) is 14.9. The van der Waals surface area contributed by atoms with Crippen molar-refractivity contribution in [3.05, 3.63) is 52.9 Å². The molecule has 0 spiro atoms. The summed E-state index contributed by atoms with van der Waals surface area (Å²) in [6, 6.07) is 8.86. The fourth-order valence-corrected chi connectivity index (χ4v) is 3.77. The van der Waals surface area contributed by atoms with Crippen molar-refractivity contribution < 1.29 is 4.39 Å². The van der Waals surface area contributed by atoms with Crippen molar-refractivity contribution in [3.8, 4) is 11.4 Å². The van der Waals surface area contributed by atoms with E-state index < -0.39 is 6.17 Å². The monoisotopic (exact) mass is 429 g/mol. The molecule has 1 fully saturated rings. The summed E-state index contributed by atoms with van der Waals surface area (Å²) in [6.07, 6.45) is 2.28. The van der Waals surface area contributed by atoms with Crippen LogP contribution in [0, 0.1) is 0 Å². The normalized spacial score (nSPS) is 14.2. The second kappa shape index (κ2) is 7.13. The fourth-order valence-electron chi connectivity index (χ4n) is 3.19. The molecule has 10 heteroatoms. The van der Waals surface area contributed by atoms with Crippen LogP contribution in [0.4, 0.5) is 21.8 Å². The Kier molecular flexibility index (Phi) is 4.44. The Labute approximate surface area is 174 Å². The van der Waals surface area contributed by atoms with Crippen LogP contribution in [-0.4, -0.2) is 44.2 Å².